The molecule has 1 aliphatic heterocycles. The fourth-order valence-corrected chi connectivity index (χ4v) is 3.54. The number of aromatic amines is 1. The van der Waals surface area contributed by atoms with Crippen molar-refractivity contribution in [1.82, 2.24) is 9.88 Å². The first-order chi connectivity index (χ1) is 9.08. The molecule has 4 atom stereocenters. The smallest absolute Gasteiger partial charge is 0.126 e. The molecule has 0 radical (unpaired) electrons. The van der Waals surface area contributed by atoms with E-state index in [4.69, 9.17) is 0 Å². The fourth-order valence-electron chi connectivity index (χ4n) is 3.30. The third kappa shape index (κ3) is 2.19. The Hall–Kier alpha value is -0.920. The minimum absolute atomic E-state index is 0.241. The van der Waals surface area contributed by atoms with E-state index in [1.54, 1.807) is 0 Å². The summed E-state index contributed by atoms with van der Waals surface area (Å²) in [6, 6.07) is 9.04. The van der Waals surface area contributed by atoms with Crippen molar-refractivity contribution in [2.75, 3.05) is 6.54 Å². The Bertz CT molecular complexity index is 593. The molecule has 19 heavy (non-hydrogen) atoms. The summed E-state index contributed by atoms with van der Waals surface area (Å²) in [5, 5.41) is 1.32. The molecule has 0 bridgehead atoms. The van der Waals surface area contributed by atoms with E-state index in [0.717, 1.165) is 6.42 Å². The molecule has 4 heteroatoms. The molecule has 1 aromatic carbocycles. The van der Waals surface area contributed by atoms with Crippen molar-refractivity contribution in [3.05, 3.63) is 35.5 Å². The van der Waals surface area contributed by atoms with Crippen LogP contribution in [0.25, 0.3) is 10.9 Å². The SMILES string of the molecule is C[C@@H]1Cc2c([nH]c3ccccc23)[C@@H](C)N1CC(F)P. The van der Waals surface area contributed by atoms with Crippen molar-refractivity contribution < 1.29 is 4.39 Å². The van der Waals surface area contributed by atoms with E-state index in [2.05, 4.69) is 57.2 Å². The predicted octanol–water partition coefficient (Wildman–Crippen LogP) is 3.65. The molecule has 0 spiro atoms. The molecular formula is C15H20FN2P. The number of H-pyrrole nitrogens is 1. The van der Waals surface area contributed by atoms with E-state index >= 15 is 0 Å². The second kappa shape index (κ2) is 4.88. The maximum absolute atomic E-state index is 13.3. The van der Waals surface area contributed by atoms with Crippen molar-refractivity contribution in [3.63, 3.8) is 0 Å². The van der Waals surface area contributed by atoms with Gasteiger partial charge in [-0.3, -0.25) is 4.90 Å². The number of benzene rings is 1. The average molecular weight is 278 g/mol. The maximum Gasteiger partial charge on any atom is 0.126 e. The molecule has 0 saturated carbocycles. The fraction of sp³-hybridized carbons (Fsp3) is 0.467. The van der Waals surface area contributed by atoms with E-state index in [1.165, 1.54) is 22.2 Å². The van der Waals surface area contributed by atoms with Gasteiger partial charge in [-0.1, -0.05) is 27.4 Å². The summed E-state index contributed by atoms with van der Waals surface area (Å²) >= 11 is 0. The van der Waals surface area contributed by atoms with Gasteiger partial charge >= 0.3 is 0 Å². The summed E-state index contributed by atoms with van der Waals surface area (Å²) < 4.78 is 13.3. The van der Waals surface area contributed by atoms with Crippen molar-refractivity contribution in [3.8, 4) is 0 Å². The van der Waals surface area contributed by atoms with Crippen LogP contribution in [0.2, 0.25) is 0 Å². The first kappa shape index (κ1) is 13.1. The van der Waals surface area contributed by atoms with Gasteiger partial charge in [0.2, 0.25) is 0 Å². The van der Waals surface area contributed by atoms with E-state index in [9.17, 15) is 4.39 Å². The Kier molecular flexibility index (Phi) is 3.36. The Morgan fingerprint density at radius 3 is 2.89 bits per heavy atom. The van der Waals surface area contributed by atoms with Gasteiger partial charge in [0.15, 0.2) is 0 Å². The zero-order chi connectivity index (χ0) is 13.6. The minimum Gasteiger partial charge on any atom is -0.357 e. The van der Waals surface area contributed by atoms with Gasteiger partial charge in [-0.25, -0.2) is 4.39 Å². The summed E-state index contributed by atoms with van der Waals surface area (Å²) in [4.78, 5) is 5.76. The summed E-state index contributed by atoms with van der Waals surface area (Å²) in [6.45, 7) is 4.83. The minimum atomic E-state index is -0.865. The normalized spacial score (nSPS) is 25.5. The second-order valence-electron chi connectivity index (χ2n) is 5.50. The van der Waals surface area contributed by atoms with Gasteiger partial charge in [-0.2, -0.15) is 0 Å². The number of rotatable bonds is 2. The van der Waals surface area contributed by atoms with Crippen LogP contribution >= 0.6 is 9.24 Å². The van der Waals surface area contributed by atoms with Crippen LogP contribution in [0.5, 0.6) is 0 Å². The zero-order valence-electron chi connectivity index (χ0n) is 11.4. The van der Waals surface area contributed by atoms with Crippen molar-refractivity contribution in [1.29, 1.82) is 0 Å². The topological polar surface area (TPSA) is 19.0 Å². The quantitative estimate of drug-likeness (QED) is 0.831. The van der Waals surface area contributed by atoms with Crippen LogP contribution in [-0.2, 0) is 6.42 Å². The van der Waals surface area contributed by atoms with Crippen LogP contribution in [0, 0.1) is 0 Å². The number of alkyl halides is 1. The van der Waals surface area contributed by atoms with Gasteiger partial charge < -0.3 is 4.98 Å². The lowest BCUT2D eigenvalue weighted by molar-refractivity contribution is 0.118. The number of fused-ring (bicyclic) bond motifs is 3. The lowest BCUT2D eigenvalue weighted by atomic mass is 9.93. The largest absolute Gasteiger partial charge is 0.357 e. The maximum atomic E-state index is 13.3. The Morgan fingerprint density at radius 2 is 2.16 bits per heavy atom. The van der Waals surface area contributed by atoms with Gasteiger partial charge in [0.1, 0.15) is 5.91 Å². The van der Waals surface area contributed by atoms with Crippen LogP contribution in [0.1, 0.15) is 31.1 Å². The van der Waals surface area contributed by atoms with E-state index in [-0.39, 0.29) is 6.04 Å². The van der Waals surface area contributed by atoms with E-state index in [0.29, 0.717) is 12.6 Å². The Labute approximate surface area is 115 Å². The van der Waals surface area contributed by atoms with Crippen LogP contribution < -0.4 is 0 Å². The highest BCUT2D eigenvalue weighted by molar-refractivity contribution is 7.17. The molecular weight excluding hydrogens is 258 g/mol. The van der Waals surface area contributed by atoms with Gasteiger partial charge in [0.25, 0.3) is 0 Å². The monoisotopic (exact) mass is 278 g/mol. The molecule has 2 heterocycles. The van der Waals surface area contributed by atoms with Crippen molar-refractivity contribution in [2.45, 2.75) is 38.3 Å². The molecule has 1 N–H and O–H groups in total. The summed E-state index contributed by atoms with van der Waals surface area (Å²) in [5.41, 5.74) is 3.85. The Balaban J connectivity index is 2.05. The molecule has 0 amide bonds. The van der Waals surface area contributed by atoms with Crippen molar-refractivity contribution >= 4 is 20.1 Å². The number of halogens is 1. The third-order valence-corrected chi connectivity index (χ3v) is 4.42. The van der Waals surface area contributed by atoms with Crippen molar-refractivity contribution in [2.24, 2.45) is 0 Å². The molecule has 0 saturated heterocycles. The first-order valence-corrected chi connectivity index (χ1v) is 7.49. The zero-order valence-corrected chi connectivity index (χ0v) is 12.5. The summed E-state index contributed by atoms with van der Waals surface area (Å²) in [7, 11) is 2.25. The molecule has 1 aromatic heterocycles. The first-order valence-electron chi connectivity index (χ1n) is 6.82. The van der Waals surface area contributed by atoms with Crippen LogP contribution in [0.3, 0.4) is 0 Å². The van der Waals surface area contributed by atoms with Crippen LogP contribution in [-0.4, -0.2) is 28.4 Å². The molecule has 0 aliphatic carbocycles. The third-order valence-electron chi connectivity index (χ3n) is 4.21. The van der Waals surface area contributed by atoms with Gasteiger partial charge in [-0.15, -0.1) is 0 Å². The molecule has 3 rings (SSSR count). The number of para-hydroxylation sites is 1. The van der Waals surface area contributed by atoms with Gasteiger partial charge in [0.05, 0.1) is 0 Å². The van der Waals surface area contributed by atoms with Crippen LogP contribution in [0.4, 0.5) is 4.39 Å². The number of hydrogen-bond donors (Lipinski definition) is 1. The summed E-state index contributed by atoms with van der Waals surface area (Å²) in [6.07, 6.45) is 0.987. The van der Waals surface area contributed by atoms with E-state index < -0.39 is 5.91 Å². The summed E-state index contributed by atoms with van der Waals surface area (Å²) in [5.74, 6) is -0.865. The lowest BCUT2D eigenvalue weighted by Crippen LogP contribution is -2.43. The number of hydrogen-bond acceptors (Lipinski definition) is 1. The molecule has 1 aliphatic rings. The molecule has 2 aromatic rings. The second-order valence-corrected chi connectivity index (χ2v) is 6.23. The predicted molar refractivity (Wildman–Crippen MR) is 81.2 cm³/mol. The highest BCUT2D eigenvalue weighted by Gasteiger charge is 2.32. The van der Waals surface area contributed by atoms with E-state index in [1.807, 2.05) is 0 Å². The highest BCUT2D eigenvalue weighted by atomic mass is 31.0. The average Bonchev–Trinajstić information content (AvgIpc) is 2.73. The molecule has 0 fully saturated rings. The molecule has 2 unspecified atom stereocenters. The van der Waals surface area contributed by atoms with Crippen LogP contribution in [0.15, 0.2) is 24.3 Å². The molecule has 102 valence electrons. The number of nitrogens with zero attached hydrogens (tertiary/aromatic N) is 1. The Morgan fingerprint density at radius 1 is 1.42 bits per heavy atom. The van der Waals surface area contributed by atoms with Gasteiger partial charge in [0, 0.05) is 35.2 Å². The standard InChI is InChI=1S/C15H20FN2P/c1-9-7-12-11-5-3-4-6-13(11)17-15(12)10(2)18(9)8-14(16)19/h3-6,9-10,14,17H,7-8,19H2,1-2H3/t9-,10-,14?/m1/s1. The highest BCUT2D eigenvalue weighted by Crippen LogP contribution is 2.37. The molecule has 2 nitrogen and oxygen atoms in total. The number of aromatic nitrogens is 1. The number of nitrogens with one attached hydrogen (secondary N) is 1. The lowest BCUT2D eigenvalue weighted by Gasteiger charge is -2.39. The van der Waals surface area contributed by atoms with Gasteiger partial charge in [-0.05, 0) is 31.9 Å².